The van der Waals surface area contributed by atoms with Gasteiger partial charge in [0.15, 0.2) is 11.6 Å². The maximum absolute atomic E-state index is 13.6. The minimum Gasteiger partial charge on any atom is -0.467 e. The summed E-state index contributed by atoms with van der Waals surface area (Å²) < 4.78 is 37.2. The molecule has 0 radical (unpaired) electrons. The van der Waals surface area contributed by atoms with Crippen LogP contribution in [0.2, 0.25) is 0 Å². The van der Waals surface area contributed by atoms with Crippen LogP contribution in [0.3, 0.4) is 0 Å². The molecule has 2 rings (SSSR count). The maximum Gasteiger partial charge on any atom is 0.163 e. The van der Waals surface area contributed by atoms with E-state index in [1.807, 2.05) is 0 Å². The van der Waals surface area contributed by atoms with Gasteiger partial charge in [-0.3, -0.25) is 0 Å². The van der Waals surface area contributed by atoms with E-state index in [1.54, 1.807) is 25.3 Å². The maximum atomic E-state index is 13.6. The first-order chi connectivity index (χ1) is 10.6. The molecule has 4 nitrogen and oxygen atoms in total. The Kier molecular flexibility index (Phi) is 6.06. The van der Waals surface area contributed by atoms with Crippen molar-refractivity contribution in [3.63, 3.8) is 0 Å². The van der Waals surface area contributed by atoms with E-state index in [0.29, 0.717) is 5.76 Å². The summed E-state index contributed by atoms with van der Waals surface area (Å²) in [6, 6.07) is 7.15. The second kappa shape index (κ2) is 8.03. The van der Waals surface area contributed by atoms with E-state index in [9.17, 15) is 13.9 Å². The Bertz CT molecular complexity index is 575. The highest BCUT2D eigenvalue weighted by Gasteiger charge is 2.15. The van der Waals surface area contributed by atoms with E-state index in [-0.39, 0.29) is 25.3 Å². The molecule has 0 fully saturated rings. The molecule has 2 atom stereocenters. The van der Waals surface area contributed by atoms with Gasteiger partial charge in [0.05, 0.1) is 19.0 Å². The lowest BCUT2D eigenvalue weighted by Gasteiger charge is -2.18. The summed E-state index contributed by atoms with van der Waals surface area (Å²) in [5.41, 5.74) is 0.226. The highest BCUT2D eigenvalue weighted by Crippen LogP contribution is 2.18. The largest absolute Gasteiger partial charge is 0.467 e. The molecule has 0 aliphatic rings. The van der Waals surface area contributed by atoms with Gasteiger partial charge >= 0.3 is 0 Å². The predicted molar refractivity (Wildman–Crippen MR) is 77.1 cm³/mol. The number of hydrogen-bond donors (Lipinski definition) is 2. The van der Waals surface area contributed by atoms with Crippen molar-refractivity contribution in [3.8, 4) is 0 Å². The fraction of sp³-hybridized carbons (Fsp3) is 0.375. The Morgan fingerprint density at radius 1 is 1.27 bits per heavy atom. The fourth-order valence-electron chi connectivity index (χ4n) is 2.03. The Morgan fingerprint density at radius 3 is 2.82 bits per heavy atom. The number of benzene rings is 1. The van der Waals surface area contributed by atoms with Crippen LogP contribution in [0.1, 0.15) is 24.3 Å². The third-order valence-electron chi connectivity index (χ3n) is 3.24. The lowest BCUT2D eigenvalue weighted by molar-refractivity contribution is 0.0217. The highest BCUT2D eigenvalue weighted by atomic mass is 19.2. The first-order valence-electron chi connectivity index (χ1n) is 7.03. The number of nitrogens with one attached hydrogen (secondary N) is 1. The van der Waals surface area contributed by atoms with Gasteiger partial charge in [0.25, 0.3) is 0 Å². The molecule has 0 bridgehead atoms. The normalized spacial score (nSPS) is 14.0. The molecule has 0 aliphatic heterocycles. The molecule has 2 unspecified atom stereocenters. The topological polar surface area (TPSA) is 54.6 Å². The van der Waals surface area contributed by atoms with Crippen LogP contribution in [-0.4, -0.2) is 24.4 Å². The van der Waals surface area contributed by atoms with E-state index in [1.165, 1.54) is 12.1 Å². The molecular formula is C16H19F2NO3. The molecule has 1 aromatic carbocycles. The number of hydrogen-bond acceptors (Lipinski definition) is 4. The van der Waals surface area contributed by atoms with Crippen molar-refractivity contribution in [2.75, 3.05) is 13.2 Å². The fourth-order valence-corrected chi connectivity index (χ4v) is 2.03. The van der Waals surface area contributed by atoms with Crippen molar-refractivity contribution >= 4 is 0 Å². The van der Waals surface area contributed by atoms with E-state index >= 15 is 0 Å². The van der Waals surface area contributed by atoms with Crippen LogP contribution in [0.4, 0.5) is 8.78 Å². The Morgan fingerprint density at radius 2 is 2.09 bits per heavy atom. The van der Waals surface area contributed by atoms with Crippen LogP contribution < -0.4 is 5.32 Å². The van der Waals surface area contributed by atoms with Crippen molar-refractivity contribution in [1.82, 2.24) is 5.32 Å². The van der Waals surface area contributed by atoms with E-state index in [2.05, 4.69) is 5.32 Å². The third-order valence-corrected chi connectivity index (χ3v) is 3.24. The third kappa shape index (κ3) is 4.62. The van der Waals surface area contributed by atoms with Crippen molar-refractivity contribution < 1.29 is 23.0 Å². The standard InChI is InChI=1S/C16H19F2NO3/c1-11(14-5-2-6-15(17)16(14)18)19-8-12(20)9-21-10-13-4-3-7-22-13/h2-7,11-12,19-20H,8-10H2,1H3. The van der Waals surface area contributed by atoms with Gasteiger partial charge in [0.2, 0.25) is 0 Å². The van der Waals surface area contributed by atoms with Crippen LogP contribution in [0, 0.1) is 11.6 Å². The monoisotopic (exact) mass is 311 g/mol. The van der Waals surface area contributed by atoms with Gasteiger partial charge in [-0.2, -0.15) is 0 Å². The number of ether oxygens (including phenoxy) is 1. The van der Waals surface area contributed by atoms with E-state index in [4.69, 9.17) is 9.15 Å². The molecule has 0 aliphatic carbocycles. The predicted octanol–water partition coefficient (Wildman–Crippen LogP) is 2.79. The van der Waals surface area contributed by atoms with Crippen molar-refractivity contribution in [2.24, 2.45) is 0 Å². The summed E-state index contributed by atoms with van der Waals surface area (Å²) >= 11 is 0. The number of aliphatic hydroxyl groups excluding tert-OH is 1. The van der Waals surface area contributed by atoms with Gasteiger partial charge in [-0.25, -0.2) is 8.78 Å². The molecule has 0 saturated heterocycles. The van der Waals surface area contributed by atoms with Gasteiger partial charge in [0.1, 0.15) is 12.4 Å². The van der Waals surface area contributed by atoms with Crippen LogP contribution in [0.25, 0.3) is 0 Å². The highest BCUT2D eigenvalue weighted by molar-refractivity contribution is 5.21. The first kappa shape index (κ1) is 16.6. The molecule has 6 heteroatoms. The number of rotatable bonds is 8. The Hall–Kier alpha value is -1.76. The van der Waals surface area contributed by atoms with Crippen LogP contribution in [0.5, 0.6) is 0 Å². The summed E-state index contributed by atoms with van der Waals surface area (Å²) in [4.78, 5) is 0. The quantitative estimate of drug-likeness (QED) is 0.787. The molecule has 2 N–H and O–H groups in total. The minimum absolute atomic E-state index is 0.117. The van der Waals surface area contributed by atoms with Gasteiger partial charge < -0.3 is 19.6 Å². The number of aliphatic hydroxyl groups is 1. The van der Waals surface area contributed by atoms with Crippen LogP contribution in [0.15, 0.2) is 41.0 Å². The van der Waals surface area contributed by atoms with Crippen molar-refractivity contribution in [3.05, 3.63) is 59.6 Å². The Balaban J connectivity index is 1.73. The SMILES string of the molecule is CC(NCC(O)COCc1ccco1)c1cccc(F)c1F. The van der Waals surface area contributed by atoms with Gasteiger partial charge in [0, 0.05) is 18.2 Å². The molecule has 22 heavy (non-hydrogen) atoms. The van der Waals surface area contributed by atoms with E-state index in [0.717, 1.165) is 6.07 Å². The van der Waals surface area contributed by atoms with Crippen molar-refractivity contribution in [1.29, 1.82) is 0 Å². The second-order valence-electron chi connectivity index (χ2n) is 5.02. The number of halogens is 2. The minimum atomic E-state index is -0.881. The molecule has 1 heterocycles. The zero-order valence-electron chi connectivity index (χ0n) is 12.3. The van der Waals surface area contributed by atoms with Crippen LogP contribution >= 0.6 is 0 Å². The molecule has 0 amide bonds. The average Bonchev–Trinajstić information content (AvgIpc) is 3.01. The lowest BCUT2D eigenvalue weighted by atomic mass is 10.1. The lowest BCUT2D eigenvalue weighted by Crippen LogP contribution is -2.32. The van der Waals surface area contributed by atoms with Gasteiger partial charge in [-0.05, 0) is 25.1 Å². The molecule has 0 spiro atoms. The molecule has 120 valence electrons. The summed E-state index contributed by atoms with van der Waals surface area (Å²) in [5, 5.41) is 12.8. The van der Waals surface area contributed by atoms with Gasteiger partial charge in [-0.15, -0.1) is 0 Å². The summed E-state index contributed by atoms with van der Waals surface area (Å²) in [7, 11) is 0. The van der Waals surface area contributed by atoms with Gasteiger partial charge in [-0.1, -0.05) is 12.1 Å². The summed E-state index contributed by atoms with van der Waals surface area (Å²) in [5.74, 6) is -1.07. The average molecular weight is 311 g/mol. The first-order valence-corrected chi connectivity index (χ1v) is 7.03. The zero-order chi connectivity index (χ0) is 15.9. The molecule has 1 aromatic heterocycles. The molecule has 0 saturated carbocycles. The Labute approximate surface area is 127 Å². The molecule has 2 aromatic rings. The smallest absolute Gasteiger partial charge is 0.163 e. The number of furan rings is 1. The van der Waals surface area contributed by atoms with Crippen LogP contribution in [-0.2, 0) is 11.3 Å². The second-order valence-corrected chi connectivity index (χ2v) is 5.02. The molecular weight excluding hydrogens is 292 g/mol. The van der Waals surface area contributed by atoms with E-state index < -0.39 is 23.8 Å². The van der Waals surface area contributed by atoms with Crippen molar-refractivity contribution in [2.45, 2.75) is 25.7 Å². The summed E-state index contributed by atoms with van der Waals surface area (Å²) in [6.45, 7) is 2.30. The zero-order valence-corrected chi connectivity index (χ0v) is 12.3. The summed E-state index contributed by atoms with van der Waals surface area (Å²) in [6.07, 6.45) is 0.792.